The van der Waals surface area contributed by atoms with Crippen LogP contribution in [0.4, 0.5) is 0 Å². The third kappa shape index (κ3) is 2.57. The van der Waals surface area contributed by atoms with Gasteiger partial charge in [-0.15, -0.1) is 16.4 Å². The van der Waals surface area contributed by atoms with Gasteiger partial charge in [-0.1, -0.05) is 35.3 Å². The largest absolute Gasteiger partial charge is 0.420 e. The van der Waals surface area contributed by atoms with E-state index in [1.807, 2.05) is 23.6 Å². The average molecular weight is 389 g/mol. The van der Waals surface area contributed by atoms with Crippen molar-refractivity contribution in [2.75, 3.05) is 0 Å². The van der Waals surface area contributed by atoms with Crippen molar-refractivity contribution in [3.8, 4) is 22.5 Å². The Bertz CT molecular complexity index is 1030. The summed E-state index contributed by atoms with van der Waals surface area (Å²) in [6.45, 7) is 0. The minimum absolute atomic E-state index is 0.0373. The van der Waals surface area contributed by atoms with Crippen LogP contribution < -0.4 is 10.5 Å². The molecular formula is C17H10Cl2N4OS. The van der Waals surface area contributed by atoms with Crippen molar-refractivity contribution in [3.05, 3.63) is 68.3 Å². The number of fused-ring (bicyclic) bond motifs is 1. The number of nitrogens with two attached hydrogens (primary N) is 1. The van der Waals surface area contributed by atoms with Gasteiger partial charge in [-0.25, -0.2) is 0 Å². The molecule has 0 saturated heterocycles. The van der Waals surface area contributed by atoms with E-state index in [0.717, 1.165) is 21.7 Å². The molecule has 0 saturated carbocycles. The van der Waals surface area contributed by atoms with Crippen molar-refractivity contribution >= 4 is 34.5 Å². The lowest BCUT2D eigenvalue weighted by Crippen LogP contribution is -2.20. The van der Waals surface area contributed by atoms with Gasteiger partial charge in [0, 0.05) is 0 Å². The van der Waals surface area contributed by atoms with Crippen molar-refractivity contribution in [2.45, 2.75) is 5.92 Å². The minimum Gasteiger partial charge on any atom is -0.420 e. The zero-order valence-electron chi connectivity index (χ0n) is 12.6. The maximum Gasteiger partial charge on any atom is 0.244 e. The standard InChI is InChI=1S/C17H10Cl2N4OS/c18-10-4-3-8(6-11(10)19)13-9(7-20)16(21)24-17-14(13)15(22-23-17)12-2-1-5-25-12/h1-6,13H,21H2,(H,22,23). The number of aromatic nitrogens is 2. The highest BCUT2D eigenvalue weighted by Crippen LogP contribution is 2.46. The number of nitrogens with zero attached hydrogens (tertiary/aromatic N) is 2. The SMILES string of the molecule is N#CC1=C(N)Oc2n[nH]c(-c3cccs3)c2C1c1ccc(Cl)c(Cl)c1. The van der Waals surface area contributed by atoms with E-state index in [2.05, 4.69) is 16.3 Å². The number of rotatable bonds is 2. The van der Waals surface area contributed by atoms with Crippen LogP contribution in [-0.2, 0) is 0 Å². The number of nitrogens with one attached hydrogen (secondary N) is 1. The summed E-state index contributed by atoms with van der Waals surface area (Å²) in [5, 5.41) is 19.7. The third-order valence-corrected chi connectivity index (χ3v) is 5.61. The predicted molar refractivity (Wildman–Crippen MR) is 97.7 cm³/mol. The van der Waals surface area contributed by atoms with Crippen LogP contribution in [0.15, 0.2) is 47.2 Å². The molecule has 0 spiro atoms. The van der Waals surface area contributed by atoms with Crippen molar-refractivity contribution in [1.82, 2.24) is 10.2 Å². The molecule has 0 amide bonds. The first-order valence-electron chi connectivity index (χ1n) is 7.24. The van der Waals surface area contributed by atoms with Crippen molar-refractivity contribution in [3.63, 3.8) is 0 Å². The van der Waals surface area contributed by atoms with Crippen molar-refractivity contribution < 1.29 is 4.74 Å². The number of ether oxygens (including phenoxy) is 1. The lowest BCUT2D eigenvalue weighted by atomic mass is 9.84. The van der Waals surface area contributed by atoms with E-state index in [1.165, 1.54) is 0 Å². The molecule has 2 aromatic heterocycles. The monoisotopic (exact) mass is 388 g/mol. The van der Waals surface area contributed by atoms with Crippen molar-refractivity contribution in [1.29, 1.82) is 5.26 Å². The van der Waals surface area contributed by atoms with Gasteiger partial charge in [0.25, 0.3) is 0 Å². The molecular weight excluding hydrogens is 379 g/mol. The van der Waals surface area contributed by atoms with Crippen LogP contribution in [0.2, 0.25) is 10.0 Å². The lowest BCUT2D eigenvalue weighted by Gasteiger charge is -2.24. The highest BCUT2D eigenvalue weighted by atomic mass is 35.5. The molecule has 1 aliphatic heterocycles. The van der Waals surface area contributed by atoms with Crippen molar-refractivity contribution in [2.24, 2.45) is 5.73 Å². The molecule has 1 aromatic carbocycles. The molecule has 3 N–H and O–H groups in total. The number of allylic oxidation sites excluding steroid dienone is 1. The maximum absolute atomic E-state index is 9.65. The fraction of sp³-hybridized carbons (Fsp3) is 0.0588. The Morgan fingerprint density at radius 2 is 2.12 bits per heavy atom. The molecule has 3 heterocycles. The van der Waals surface area contributed by atoms with Gasteiger partial charge < -0.3 is 10.5 Å². The Morgan fingerprint density at radius 3 is 2.80 bits per heavy atom. The number of nitriles is 1. The zero-order chi connectivity index (χ0) is 17.6. The Kier molecular flexibility index (Phi) is 3.92. The predicted octanol–water partition coefficient (Wildman–Crippen LogP) is 4.66. The van der Waals surface area contributed by atoms with Crippen LogP contribution in [0.25, 0.3) is 10.6 Å². The second kappa shape index (κ2) is 6.12. The fourth-order valence-electron chi connectivity index (χ4n) is 2.88. The number of benzene rings is 1. The highest BCUT2D eigenvalue weighted by molar-refractivity contribution is 7.13. The number of aromatic amines is 1. The first-order chi connectivity index (χ1) is 12.1. The van der Waals surface area contributed by atoms with Gasteiger partial charge in [0.15, 0.2) is 0 Å². The van der Waals surface area contributed by atoms with E-state index < -0.39 is 5.92 Å². The molecule has 124 valence electrons. The summed E-state index contributed by atoms with van der Waals surface area (Å²) in [6, 6.07) is 11.3. The molecule has 3 aromatic rings. The molecule has 4 rings (SSSR count). The number of halogens is 2. The Labute approximate surface area is 157 Å². The van der Waals surface area contributed by atoms with Crippen LogP contribution in [0.5, 0.6) is 5.88 Å². The molecule has 5 nitrogen and oxygen atoms in total. The maximum atomic E-state index is 9.65. The molecule has 1 atom stereocenters. The quantitative estimate of drug-likeness (QED) is 0.667. The van der Waals surface area contributed by atoms with Gasteiger partial charge >= 0.3 is 0 Å². The molecule has 1 unspecified atom stereocenters. The van der Waals surface area contributed by atoms with E-state index in [4.69, 9.17) is 33.7 Å². The Balaban J connectivity index is 1.97. The van der Waals surface area contributed by atoms with E-state index in [1.54, 1.807) is 23.5 Å². The number of thiophene rings is 1. The summed E-state index contributed by atoms with van der Waals surface area (Å²) in [6.07, 6.45) is 0. The summed E-state index contributed by atoms with van der Waals surface area (Å²) in [5.41, 5.74) is 8.60. The Hall–Kier alpha value is -2.46. The highest BCUT2D eigenvalue weighted by Gasteiger charge is 2.36. The molecule has 0 fully saturated rings. The molecule has 8 heteroatoms. The Morgan fingerprint density at radius 1 is 1.28 bits per heavy atom. The lowest BCUT2D eigenvalue weighted by molar-refractivity contribution is 0.379. The van der Waals surface area contributed by atoms with Crippen LogP contribution >= 0.6 is 34.5 Å². The van der Waals surface area contributed by atoms with E-state index >= 15 is 0 Å². The van der Waals surface area contributed by atoms with Gasteiger partial charge in [-0.2, -0.15) is 5.26 Å². The summed E-state index contributed by atoms with van der Waals surface area (Å²) in [5.74, 6) is -0.0503. The summed E-state index contributed by atoms with van der Waals surface area (Å²) >= 11 is 13.8. The van der Waals surface area contributed by atoms with Crippen LogP contribution in [0, 0.1) is 11.3 Å². The second-order valence-corrected chi connectivity index (χ2v) is 7.16. The molecule has 1 aliphatic rings. The summed E-state index contributed by atoms with van der Waals surface area (Å²) < 4.78 is 5.56. The molecule has 0 aliphatic carbocycles. The number of hydrogen-bond acceptors (Lipinski definition) is 5. The van der Waals surface area contributed by atoms with Gasteiger partial charge in [-0.3, -0.25) is 5.10 Å². The topological polar surface area (TPSA) is 87.7 Å². The smallest absolute Gasteiger partial charge is 0.244 e. The summed E-state index contributed by atoms with van der Waals surface area (Å²) in [4.78, 5) is 0.986. The van der Waals surface area contributed by atoms with E-state index in [0.29, 0.717) is 21.5 Å². The van der Waals surface area contributed by atoms with Gasteiger partial charge in [0.2, 0.25) is 11.8 Å². The van der Waals surface area contributed by atoms with E-state index in [9.17, 15) is 5.26 Å². The number of H-pyrrole nitrogens is 1. The fourth-order valence-corrected chi connectivity index (χ4v) is 3.92. The average Bonchev–Trinajstić information content (AvgIpc) is 3.25. The first-order valence-corrected chi connectivity index (χ1v) is 8.88. The van der Waals surface area contributed by atoms with Crippen LogP contribution in [-0.4, -0.2) is 10.2 Å². The van der Waals surface area contributed by atoms with Gasteiger partial charge in [-0.05, 0) is 29.1 Å². The van der Waals surface area contributed by atoms with Gasteiger partial charge in [0.1, 0.15) is 11.6 Å². The first kappa shape index (κ1) is 16.0. The normalized spacial score (nSPS) is 16.3. The van der Waals surface area contributed by atoms with Crippen LogP contribution in [0.1, 0.15) is 17.0 Å². The zero-order valence-corrected chi connectivity index (χ0v) is 14.9. The third-order valence-electron chi connectivity index (χ3n) is 3.98. The van der Waals surface area contributed by atoms with Crippen LogP contribution in [0.3, 0.4) is 0 Å². The minimum atomic E-state index is -0.445. The van der Waals surface area contributed by atoms with Gasteiger partial charge in [0.05, 0.1) is 32.1 Å². The molecule has 0 bridgehead atoms. The second-order valence-electron chi connectivity index (χ2n) is 5.39. The van der Waals surface area contributed by atoms with E-state index in [-0.39, 0.29) is 5.88 Å². The molecule has 0 radical (unpaired) electrons. The summed E-state index contributed by atoms with van der Waals surface area (Å²) in [7, 11) is 0. The number of hydrogen-bond donors (Lipinski definition) is 2. The molecule has 25 heavy (non-hydrogen) atoms.